The number of nitrogens with two attached hydrogens (primary N) is 1. The molecule has 152 valence electrons. The van der Waals surface area contributed by atoms with Crippen LogP contribution in [0.4, 0.5) is 4.79 Å². The molecule has 2 amide bonds. The number of hydrogen-bond donors (Lipinski definition) is 4. The highest BCUT2D eigenvalue weighted by molar-refractivity contribution is 5.86. The average molecular weight is 380 g/mol. The number of hydrogen-bond acceptors (Lipinski definition) is 4. The van der Waals surface area contributed by atoms with Crippen LogP contribution in [0.2, 0.25) is 0 Å². The van der Waals surface area contributed by atoms with Crippen LogP contribution in [0.1, 0.15) is 51.3 Å². The topological polar surface area (TPSA) is 116 Å². The van der Waals surface area contributed by atoms with Crippen LogP contribution >= 0.6 is 0 Å². The molecule has 0 heterocycles. The largest absolute Gasteiger partial charge is 0.508 e. The van der Waals surface area contributed by atoms with E-state index in [0.29, 0.717) is 0 Å². The molecule has 0 aromatic heterocycles. The van der Waals surface area contributed by atoms with E-state index < -0.39 is 29.1 Å². The Balaban J connectivity index is 3.33. The van der Waals surface area contributed by atoms with Gasteiger partial charge in [-0.05, 0) is 77.3 Å². The van der Waals surface area contributed by atoms with Crippen molar-refractivity contribution in [1.82, 2.24) is 10.2 Å². The maximum absolute atomic E-state index is 13.0. The number of amides is 2. The predicted molar refractivity (Wildman–Crippen MR) is 106 cm³/mol. The molecule has 0 aliphatic heterocycles. The van der Waals surface area contributed by atoms with Crippen molar-refractivity contribution in [3.8, 4) is 5.75 Å². The lowest BCUT2D eigenvalue weighted by atomic mass is 9.92. The molecule has 0 unspecified atom stereocenters. The first kappa shape index (κ1) is 22.8. The molecule has 1 atom stereocenters. The van der Waals surface area contributed by atoms with Gasteiger partial charge in [-0.15, -0.1) is 0 Å². The van der Waals surface area contributed by atoms with E-state index in [2.05, 4.69) is 5.32 Å². The van der Waals surface area contributed by atoms with Gasteiger partial charge in [-0.3, -0.25) is 9.69 Å². The van der Waals surface area contributed by atoms with Crippen LogP contribution in [0.25, 0.3) is 0 Å². The van der Waals surface area contributed by atoms with Gasteiger partial charge in [0.1, 0.15) is 11.8 Å². The number of aromatic hydroxyl groups is 1. The second-order valence-electron chi connectivity index (χ2n) is 8.81. The summed E-state index contributed by atoms with van der Waals surface area (Å²) in [5.74, 6) is -0.247. The summed E-state index contributed by atoms with van der Waals surface area (Å²) in [6.45, 7) is 12.7. The number of carbonyl (C=O) groups is 2. The second kappa shape index (κ2) is 8.17. The molecule has 5 N–H and O–H groups in total. The van der Waals surface area contributed by atoms with Gasteiger partial charge < -0.3 is 21.3 Å². The minimum absolute atomic E-state index is 0.144. The smallest absolute Gasteiger partial charge is 0.408 e. The van der Waals surface area contributed by atoms with E-state index in [4.69, 9.17) is 5.73 Å². The van der Waals surface area contributed by atoms with Gasteiger partial charge in [-0.1, -0.05) is 0 Å². The van der Waals surface area contributed by atoms with Gasteiger partial charge in [-0.2, -0.15) is 0 Å². The van der Waals surface area contributed by atoms with Gasteiger partial charge in [0.25, 0.3) is 0 Å². The number of nitrogens with zero attached hydrogens (tertiary/aromatic N) is 1. The minimum Gasteiger partial charge on any atom is -0.508 e. The Kier molecular flexibility index (Phi) is 6.88. The van der Waals surface area contributed by atoms with Crippen molar-refractivity contribution in [2.24, 2.45) is 5.73 Å². The third-order valence-corrected chi connectivity index (χ3v) is 4.34. The van der Waals surface area contributed by atoms with Gasteiger partial charge >= 0.3 is 6.09 Å². The van der Waals surface area contributed by atoms with E-state index in [1.807, 2.05) is 13.8 Å². The molecule has 0 spiro atoms. The van der Waals surface area contributed by atoms with Crippen LogP contribution in [0, 0.1) is 13.8 Å². The third kappa shape index (κ3) is 6.43. The molecule has 0 aliphatic rings. The maximum Gasteiger partial charge on any atom is 0.408 e. The number of carboxylic acid groups (broad SMARTS) is 1. The standard InChI is InChI=1S/C20H33N3O4/c1-12-8-14(24)9-13(2)15(12)10-16(17(25)22-11-20(6,7)21)23(18(26)27)19(3,4)5/h8-9,16,24H,10-11,21H2,1-7H3,(H,22,25)(H,26,27)/t16-/m0/s1. The average Bonchev–Trinajstić information content (AvgIpc) is 2.44. The van der Waals surface area contributed by atoms with E-state index in [1.54, 1.807) is 46.8 Å². The number of nitrogens with one attached hydrogen (secondary N) is 1. The molecule has 7 heteroatoms. The summed E-state index contributed by atoms with van der Waals surface area (Å²) in [6, 6.07) is 2.30. The fraction of sp³-hybridized carbons (Fsp3) is 0.600. The van der Waals surface area contributed by atoms with Gasteiger partial charge in [0.2, 0.25) is 5.91 Å². The summed E-state index contributed by atoms with van der Waals surface area (Å²) in [7, 11) is 0. The van der Waals surface area contributed by atoms with Crippen molar-refractivity contribution in [3.63, 3.8) is 0 Å². The Morgan fingerprint density at radius 3 is 2.00 bits per heavy atom. The molecule has 0 saturated carbocycles. The first-order valence-corrected chi connectivity index (χ1v) is 9.01. The number of rotatable bonds is 6. The normalized spacial score (nSPS) is 13.2. The van der Waals surface area contributed by atoms with Crippen molar-refractivity contribution >= 4 is 12.0 Å². The van der Waals surface area contributed by atoms with Gasteiger partial charge in [0, 0.05) is 24.0 Å². The predicted octanol–water partition coefficient (Wildman–Crippen LogP) is 2.55. The summed E-state index contributed by atoms with van der Waals surface area (Å²) in [6.07, 6.45) is -0.957. The fourth-order valence-electron chi connectivity index (χ4n) is 3.11. The Morgan fingerprint density at radius 1 is 1.15 bits per heavy atom. The highest BCUT2D eigenvalue weighted by atomic mass is 16.4. The van der Waals surface area contributed by atoms with Crippen LogP contribution in [-0.2, 0) is 11.2 Å². The Morgan fingerprint density at radius 2 is 1.63 bits per heavy atom. The molecule has 7 nitrogen and oxygen atoms in total. The molecule has 1 aromatic carbocycles. The Hall–Kier alpha value is -2.28. The second-order valence-corrected chi connectivity index (χ2v) is 8.81. The SMILES string of the molecule is Cc1cc(O)cc(C)c1C[C@@H](C(=O)NCC(C)(C)N)N(C(=O)O)C(C)(C)C. The number of phenols is 1. The van der Waals surface area contributed by atoms with E-state index in [0.717, 1.165) is 16.7 Å². The summed E-state index contributed by atoms with van der Waals surface area (Å²) < 4.78 is 0. The van der Waals surface area contributed by atoms with Crippen LogP contribution in [0.5, 0.6) is 5.75 Å². The summed E-state index contributed by atoms with van der Waals surface area (Å²) in [4.78, 5) is 26.1. The van der Waals surface area contributed by atoms with Crippen molar-refractivity contribution in [2.75, 3.05) is 6.54 Å². The summed E-state index contributed by atoms with van der Waals surface area (Å²) in [5, 5.41) is 22.3. The van der Waals surface area contributed by atoms with Crippen LogP contribution in [-0.4, -0.2) is 50.8 Å². The van der Waals surface area contributed by atoms with Crippen molar-refractivity contribution < 1.29 is 19.8 Å². The quantitative estimate of drug-likeness (QED) is 0.606. The molecular formula is C20H33N3O4. The lowest BCUT2D eigenvalue weighted by Crippen LogP contribution is -2.59. The van der Waals surface area contributed by atoms with Gasteiger partial charge in [-0.25, -0.2) is 4.79 Å². The molecule has 1 rings (SSSR count). The fourth-order valence-corrected chi connectivity index (χ4v) is 3.11. The number of carbonyl (C=O) groups excluding carboxylic acids is 1. The van der Waals surface area contributed by atoms with E-state index in [-0.39, 0.29) is 18.7 Å². The first-order chi connectivity index (χ1) is 12.1. The molecule has 0 fully saturated rings. The molecular weight excluding hydrogens is 346 g/mol. The lowest BCUT2D eigenvalue weighted by molar-refractivity contribution is -0.127. The summed E-state index contributed by atoms with van der Waals surface area (Å²) >= 11 is 0. The zero-order valence-corrected chi connectivity index (χ0v) is 17.4. The summed E-state index contributed by atoms with van der Waals surface area (Å²) in [5.41, 5.74) is 7.03. The zero-order valence-electron chi connectivity index (χ0n) is 17.4. The van der Waals surface area contributed by atoms with Crippen molar-refractivity contribution in [1.29, 1.82) is 0 Å². The third-order valence-electron chi connectivity index (χ3n) is 4.34. The number of benzene rings is 1. The minimum atomic E-state index is -1.16. The highest BCUT2D eigenvalue weighted by Gasteiger charge is 2.38. The Labute approximate surface area is 161 Å². The highest BCUT2D eigenvalue weighted by Crippen LogP contribution is 2.26. The first-order valence-electron chi connectivity index (χ1n) is 9.01. The molecule has 0 aliphatic carbocycles. The Bertz CT molecular complexity index is 679. The monoisotopic (exact) mass is 379 g/mol. The number of phenolic OH excluding ortho intramolecular Hbond substituents is 1. The van der Waals surface area contributed by atoms with E-state index in [9.17, 15) is 19.8 Å². The molecule has 1 aromatic rings. The maximum atomic E-state index is 13.0. The van der Waals surface area contributed by atoms with Gasteiger partial charge in [0.05, 0.1) is 0 Å². The van der Waals surface area contributed by atoms with Crippen molar-refractivity contribution in [3.05, 3.63) is 28.8 Å². The molecule has 0 saturated heterocycles. The molecule has 0 radical (unpaired) electrons. The van der Waals surface area contributed by atoms with Crippen LogP contribution in [0.15, 0.2) is 12.1 Å². The van der Waals surface area contributed by atoms with Crippen LogP contribution < -0.4 is 11.1 Å². The molecule has 0 bridgehead atoms. The molecule has 27 heavy (non-hydrogen) atoms. The van der Waals surface area contributed by atoms with E-state index >= 15 is 0 Å². The van der Waals surface area contributed by atoms with E-state index in [1.165, 1.54) is 4.90 Å². The van der Waals surface area contributed by atoms with Crippen LogP contribution in [0.3, 0.4) is 0 Å². The van der Waals surface area contributed by atoms with Gasteiger partial charge in [0.15, 0.2) is 0 Å². The lowest BCUT2D eigenvalue weighted by Gasteiger charge is -2.39. The zero-order chi connectivity index (χ0) is 21.2. The number of aryl methyl sites for hydroxylation is 2. The van der Waals surface area contributed by atoms with Crippen molar-refractivity contribution in [2.45, 2.75) is 72.0 Å².